The van der Waals surface area contributed by atoms with Crippen molar-refractivity contribution >= 4 is 12.0 Å². The zero-order valence-electron chi connectivity index (χ0n) is 12.4. The van der Waals surface area contributed by atoms with Crippen LogP contribution >= 0.6 is 0 Å². The molecule has 1 fully saturated rings. The molecular weight excluding hydrogens is 310 g/mol. The van der Waals surface area contributed by atoms with Crippen molar-refractivity contribution in [3.05, 3.63) is 29.8 Å². The van der Waals surface area contributed by atoms with Gasteiger partial charge in [0.15, 0.2) is 6.61 Å². The van der Waals surface area contributed by atoms with Gasteiger partial charge in [-0.25, -0.2) is 18.4 Å². The van der Waals surface area contributed by atoms with E-state index in [0.29, 0.717) is 18.7 Å². The molecule has 2 N–H and O–H groups in total. The topological polar surface area (TPSA) is 78.9 Å². The molecule has 1 aromatic rings. The summed E-state index contributed by atoms with van der Waals surface area (Å²) >= 11 is 0. The van der Waals surface area contributed by atoms with Crippen LogP contribution in [-0.4, -0.2) is 54.2 Å². The summed E-state index contributed by atoms with van der Waals surface area (Å²) < 4.78 is 31.0. The highest BCUT2D eigenvalue weighted by molar-refractivity contribution is 5.74. The van der Waals surface area contributed by atoms with E-state index < -0.39 is 31.1 Å². The Morgan fingerprint density at radius 1 is 1.30 bits per heavy atom. The number of nitrogens with one attached hydrogen (secondary N) is 1. The molecule has 23 heavy (non-hydrogen) atoms. The zero-order chi connectivity index (χ0) is 16.9. The third-order valence-corrected chi connectivity index (χ3v) is 3.43. The van der Waals surface area contributed by atoms with E-state index in [9.17, 15) is 18.4 Å². The van der Waals surface area contributed by atoms with Gasteiger partial charge in [-0.1, -0.05) is 12.1 Å². The first kappa shape index (κ1) is 17.0. The highest BCUT2D eigenvalue weighted by Gasteiger charge is 2.40. The van der Waals surface area contributed by atoms with Crippen LogP contribution in [-0.2, 0) is 11.2 Å². The molecule has 0 spiro atoms. The van der Waals surface area contributed by atoms with Gasteiger partial charge in [0.25, 0.3) is 5.92 Å². The minimum Gasteiger partial charge on any atom is -0.482 e. The third kappa shape index (κ3) is 5.39. The summed E-state index contributed by atoms with van der Waals surface area (Å²) in [6.45, 7) is -0.547. The van der Waals surface area contributed by atoms with E-state index in [4.69, 9.17) is 9.84 Å². The number of carboxylic acids is 1. The second kappa shape index (κ2) is 7.26. The Kier molecular flexibility index (Phi) is 5.36. The number of alkyl halides is 2. The highest BCUT2D eigenvalue weighted by atomic mass is 19.3. The number of hydrogen-bond donors (Lipinski definition) is 2. The number of benzene rings is 1. The number of urea groups is 1. The molecule has 1 aliphatic rings. The third-order valence-electron chi connectivity index (χ3n) is 3.43. The number of amides is 2. The first-order valence-corrected chi connectivity index (χ1v) is 7.20. The number of carboxylic acid groups (broad SMARTS) is 1. The Labute approximate surface area is 132 Å². The maximum atomic E-state index is 13.0. The van der Waals surface area contributed by atoms with Crippen LogP contribution in [0.3, 0.4) is 0 Å². The van der Waals surface area contributed by atoms with Gasteiger partial charge in [0.05, 0.1) is 6.54 Å². The molecule has 8 heteroatoms. The summed E-state index contributed by atoms with van der Waals surface area (Å²) in [6, 6.07) is 6.31. The first-order valence-electron chi connectivity index (χ1n) is 7.20. The quantitative estimate of drug-likeness (QED) is 0.834. The van der Waals surface area contributed by atoms with E-state index in [1.807, 2.05) is 0 Å². The average Bonchev–Trinajstić information content (AvgIpc) is 2.86. The molecule has 6 nitrogen and oxygen atoms in total. The number of aliphatic carboxylic acids is 1. The largest absolute Gasteiger partial charge is 0.482 e. The highest BCUT2D eigenvalue weighted by Crippen LogP contribution is 2.26. The Balaban J connectivity index is 1.71. The fraction of sp³-hybridized carbons (Fsp3) is 0.467. The van der Waals surface area contributed by atoms with Crippen LogP contribution in [0.4, 0.5) is 13.6 Å². The van der Waals surface area contributed by atoms with Crippen LogP contribution in [0, 0.1) is 0 Å². The number of carbonyl (C=O) groups excluding carboxylic acids is 1. The van der Waals surface area contributed by atoms with Crippen molar-refractivity contribution in [3.8, 4) is 5.75 Å². The molecule has 0 saturated carbocycles. The summed E-state index contributed by atoms with van der Waals surface area (Å²) in [7, 11) is 0. The van der Waals surface area contributed by atoms with Crippen LogP contribution in [0.5, 0.6) is 5.75 Å². The number of carbonyl (C=O) groups is 2. The van der Waals surface area contributed by atoms with Gasteiger partial charge in [-0.2, -0.15) is 0 Å². The number of ether oxygens (including phenoxy) is 1. The van der Waals surface area contributed by atoms with Crippen molar-refractivity contribution in [1.82, 2.24) is 10.2 Å². The number of likely N-dealkylation sites (tertiary alicyclic amines) is 1. The van der Waals surface area contributed by atoms with Crippen molar-refractivity contribution in [2.75, 3.05) is 26.2 Å². The SMILES string of the molecule is O=C(O)COc1ccc(CCNC(=O)N2CCC(F)(F)C2)cc1. The minimum absolute atomic E-state index is 0.0639. The lowest BCUT2D eigenvalue weighted by atomic mass is 10.1. The zero-order valence-corrected chi connectivity index (χ0v) is 12.4. The van der Waals surface area contributed by atoms with Crippen LogP contribution in [0.25, 0.3) is 0 Å². The lowest BCUT2D eigenvalue weighted by Gasteiger charge is -2.16. The van der Waals surface area contributed by atoms with Crippen molar-refractivity contribution in [2.24, 2.45) is 0 Å². The summed E-state index contributed by atoms with van der Waals surface area (Å²) in [5, 5.41) is 11.1. The number of hydrogen-bond acceptors (Lipinski definition) is 3. The molecule has 2 amide bonds. The molecule has 1 saturated heterocycles. The second-order valence-electron chi connectivity index (χ2n) is 5.34. The molecule has 0 unspecified atom stereocenters. The normalized spacial score (nSPS) is 16.2. The Morgan fingerprint density at radius 2 is 2.00 bits per heavy atom. The molecule has 1 heterocycles. The van der Waals surface area contributed by atoms with E-state index in [2.05, 4.69) is 5.32 Å². The van der Waals surface area contributed by atoms with Gasteiger partial charge >= 0.3 is 12.0 Å². The van der Waals surface area contributed by atoms with E-state index in [-0.39, 0.29) is 13.0 Å². The van der Waals surface area contributed by atoms with Gasteiger partial charge in [-0.3, -0.25) is 0 Å². The Bertz CT molecular complexity index is 563. The number of halogens is 2. The van der Waals surface area contributed by atoms with Crippen molar-refractivity contribution in [1.29, 1.82) is 0 Å². The van der Waals surface area contributed by atoms with Gasteiger partial charge in [0, 0.05) is 19.5 Å². The van der Waals surface area contributed by atoms with Gasteiger partial charge in [-0.05, 0) is 24.1 Å². The van der Waals surface area contributed by atoms with Crippen molar-refractivity contribution < 1.29 is 28.2 Å². The maximum Gasteiger partial charge on any atom is 0.341 e. The average molecular weight is 328 g/mol. The van der Waals surface area contributed by atoms with Gasteiger partial charge in [-0.15, -0.1) is 0 Å². The van der Waals surface area contributed by atoms with Gasteiger partial charge in [0.2, 0.25) is 0 Å². The molecule has 1 aromatic carbocycles. The minimum atomic E-state index is -2.79. The van der Waals surface area contributed by atoms with E-state index >= 15 is 0 Å². The van der Waals surface area contributed by atoms with Crippen molar-refractivity contribution in [3.63, 3.8) is 0 Å². The van der Waals surface area contributed by atoms with E-state index in [1.54, 1.807) is 24.3 Å². The second-order valence-corrected chi connectivity index (χ2v) is 5.34. The predicted molar refractivity (Wildman–Crippen MR) is 77.8 cm³/mol. The van der Waals surface area contributed by atoms with Crippen LogP contribution < -0.4 is 10.1 Å². The lowest BCUT2D eigenvalue weighted by Crippen LogP contribution is -2.40. The smallest absolute Gasteiger partial charge is 0.341 e. The van der Waals surface area contributed by atoms with E-state index in [0.717, 1.165) is 10.5 Å². The summed E-state index contributed by atoms with van der Waals surface area (Å²) in [5.74, 6) is -3.40. The molecule has 0 radical (unpaired) electrons. The predicted octanol–water partition coefficient (Wildman–Crippen LogP) is 1.74. The molecule has 0 aromatic heterocycles. The summed E-state index contributed by atoms with van der Waals surface area (Å²) in [6.07, 6.45) is 0.243. The van der Waals surface area contributed by atoms with Crippen LogP contribution in [0.2, 0.25) is 0 Å². The fourth-order valence-corrected chi connectivity index (χ4v) is 2.23. The van der Waals surface area contributed by atoms with Crippen molar-refractivity contribution in [2.45, 2.75) is 18.8 Å². The maximum absolute atomic E-state index is 13.0. The van der Waals surface area contributed by atoms with Crippen LogP contribution in [0.1, 0.15) is 12.0 Å². The lowest BCUT2D eigenvalue weighted by molar-refractivity contribution is -0.139. The molecule has 126 valence electrons. The van der Waals surface area contributed by atoms with Crippen LogP contribution in [0.15, 0.2) is 24.3 Å². The Hall–Kier alpha value is -2.38. The number of nitrogens with zero attached hydrogens (tertiary/aromatic N) is 1. The molecule has 2 rings (SSSR count). The summed E-state index contributed by atoms with van der Waals surface area (Å²) in [4.78, 5) is 23.2. The molecule has 0 aliphatic carbocycles. The molecular formula is C15H18F2N2O4. The molecule has 0 atom stereocenters. The monoisotopic (exact) mass is 328 g/mol. The molecule has 1 aliphatic heterocycles. The fourth-order valence-electron chi connectivity index (χ4n) is 2.23. The van der Waals surface area contributed by atoms with Gasteiger partial charge < -0.3 is 20.1 Å². The standard InChI is InChI=1S/C15H18F2N2O4/c16-15(17)6-8-19(10-15)14(22)18-7-5-11-1-3-12(4-2-11)23-9-13(20)21/h1-4H,5-10H2,(H,18,22)(H,20,21). The number of rotatable bonds is 6. The summed E-state index contributed by atoms with van der Waals surface area (Å²) in [5.41, 5.74) is 0.916. The van der Waals surface area contributed by atoms with E-state index in [1.165, 1.54) is 0 Å². The Morgan fingerprint density at radius 3 is 2.57 bits per heavy atom. The first-order chi connectivity index (χ1) is 10.9. The van der Waals surface area contributed by atoms with Gasteiger partial charge in [0.1, 0.15) is 5.75 Å². The molecule has 0 bridgehead atoms.